The molecule has 3 aromatic rings. The smallest absolute Gasteiger partial charge is 0.267 e. The van der Waals surface area contributed by atoms with Crippen LogP contribution in [0.5, 0.6) is 0 Å². The third-order valence-electron chi connectivity index (χ3n) is 5.42. The van der Waals surface area contributed by atoms with Gasteiger partial charge in [-0.3, -0.25) is 4.79 Å². The zero-order valence-corrected chi connectivity index (χ0v) is 14.9. The van der Waals surface area contributed by atoms with Crippen molar-refractivity contribution in [2.24, 2.45) is 0 Å². The highest BCUT2D eigenvalue weighted by molar-refractivity contribution is 5.33. The largest absolute Gasteiger partial charge is 0.377 e. The van der Waals surface area contributed by atoms with E-state index in [1.54, 1.807) is 27.7 Å². The van der Waals surface area contributed by atoms with E-state index in [-0.39, 0.29) is 17.6 Å². The zero-order valence-electron chi connectivity index (χ0n) is 14.9. The first kappa shape index (κ1) is 16.4. The molecule has 0 amide bonds. The van der Waals surface area contributed by atoms with Crippen LogP contribution in [0.1, 0.15) is 17.2 Å². The topological polar surface area (TPSA) is 74.0 Å². The summed E-state index contributed by atoms with van der Waals surface area (Å²) in [5.74, 6) is 0.624. The first-order valence-corrected chi connectivity index (χ1v) is 9.28. The molecule has 7 heteroatoms. The van der Waals surface area contributed by atoms with Crippen molar-refractivity contribution >= 4 is 0 Å². The van der Waals surface area contributed by atoms with Crippen LogP contribution < -0.4 is 10.9 Å². The van der Waals surface area contributed by atoms with Gasteiger partial charge in [-0.15, -0.1) is 5.10 Å². The normalized spacial score (nSPS) is 22.2. The number of rotatable bonds is 4. The lowest BCUT2D eigenvalue weighted by Crippen LogP contribution is -2.46. The maximum atomic E-state index is 12.5. The van der Waals surface area contributed by atoms with Crippen molar-refractivity contribution in [2.75, 3.05) is 13.2 Å². The summed E-state index contributed by atoms with van der Waals surface area (Å²) in [6.45, 7) is 1.06. The molecule has 1 aliphatic heterocycles. The molecule has 0 radical (unpaired) electrons. The van der Waals surface area contributed by atoms with Crippen LogP contribution in [0, 0.1) is 0 Å². The molecule has 7 nitrogen and oxygen atoms in total. The SMILES string of the molecule is O=c1ccc(-n2cccn2)nn1C1COCC1NC1Cc2ccccc2C1. The van der Waals surface area contributed by atoms with Gasteiger partial charge in [0.25, 0.3) is 5.56 Å². The Labute approximate surface area is 156 Å². The van der Waals surface area contributed by atoms with Crippen LogP contribution in [0.2, 0.25) is 0 Å². The number of hydrogen-bond acceptors (Lipinski definition) is 5. The van der Waals surface area contributed by atoms with Crippen LogP contribution in [0.25, 0.3) is 5.82 Å². The summed E-state index contributed by atoms with van der Waals surface area (Å²) in [6.07, 6.45) is 5.52. The average Bonchev–Trinajstić information content (AvgIpc) is 3.43. The summed E-state index contributed by atoms with van der Waals surface area (Å²) in [7, 11) is 0. The lowest BCUT2D eigenvalue weighted by Gasteiger charge is -2.24. The number of nitrogens with one attached hydrogen (secondary N) is 1. The first-order valence-electron chi connectivity index (χ1n) is 9.28. The van der Waals surface area contributed by atoms with Crippen LogP contribution >= 0.6 is 0 Å². The number of fused-ring (bicyclic) bond motifs is 1. The molecular weight excluding hydrogens is 342 g/mol. The summed E-state index contributed by atoms with van der Waals surface area (Å²) in [6, 6.07) is 13.9. The molecule has 2 aliphatic rings. The Balaban J connectivity index is 1.37. The molecule has 2 atom stereocenters. The van der Waals surface area contributed by atoms with Crippen molar-refractivity contribution in [1.29, 1.82) is 0 Å². The van der Waals surface area contributed by atoms with E-state index < -0.39 is 0 Å². The van der Waals surface area contributed by atoms with Gasteiger partial charge in [-0.05, 0) is 36.1 Å². The van der Waals surface area contributed by atoms with Crippen molar-refractivity contribution in [3.8, 4) is 5.82 Å². The number of ether oxygens (including phenoxy) is 1. The lowest BCUT2D eigenvalue weighted by molar-refractivity contribution is 0.180. The maximum absolute atomic E-state index is 12.5. The van der Waals surface area contributed by atoms with Gasteiger partial charge in [-0.2, -0.15) is 5.10 Å². The van der Waals surface area contributed by atoms with Crippen LogP contribution in [-0.4, -0.2) is 44.9 Å². The molecule has 1 aromatic carbocycles. The van der Waals surface area contributed by atoms with Gasteiger partial charge in [0.2, 0.25) is 0 Å². The third kappa shape index (κ3) is 3.09. The van der Waals surface area contributed by atoms with Gasteiger partial charge in [0.05, 0.1) is 25.3 Å². The molecule has 0 spiro atoms. The molecule has 2 aromatic heterocycles. The van der Waals surface area contributed by atoms with Gasteiger partial charge in [0.1, 0.15) is 0 Å². The monoisotopic (exact) mass is 363 g/mol. The van der Waals surface area contributed by atoms with E-state index in [4.69, 9.17) is 4.74 Å². The molecule has 1 fully saturated rings. The molecule has 3 heterocycles. The van der Waals surface area contributed by atoms with E-state index in [2.05, 4.69) is 39.8 Å². The molecule has 1 saturated heterocycles. The molecular formula is C20H21N5O2. The summed E-state index contributed by atoms with van der Waals surface area (Å²) in [4.78, 5) is 12.5. The molecule has 138 valence electrons. The van der Waals surface area contributed by atoms with Gasteiger partial charge in [0, 0.05) is 24.5 Å². The van der Waals surface area contributed by atoms with E-state index in [0.29, 0.717) is 25.1 Å². The minimum absolute atomic E-state index is 0.0578. The number of aromatic nitrogens is 4. The van der Waals surface area contributed by atoms with Gasteiger partial charge >= 0.3 is 0 Å². The molecule has 1 N–H and O–H groups in total. The van der Waals surface area contributed by atoms with E-state index in [1.165, 1.54) is 11.1 Å². The highest BCUT2D eigenvalue weighted by Gasteiger charge is 2.34. The highest BCUT2D eigenvalue weighted by Crippen LogP contribution is 2.25. The van der Waals surface area contributed by atoms with Crippen LogP contribution in [0.15, 0.2) is 59.7 Å². The average molecular weight is 363 g/mol. The van der Waals surface area contributed by atoms with Crippen molar-refractivity contribution in [3.63, 3.8) is 0 Å². The second-order valence-corrected chi connectivity index (χ2v) is 7.18. The Morgan fingerprint density at radius 2 is 1.85 bits per heavy atom. The zero-order chi connectivity index (χ0) is 18.2. The summed E-state index contributed by atoms with van der Waals surface area (Å²) in [5.41, 5.74) is 2.69. The minimum Gasteiger partial charge on any atom is -0.377 e. The van der Waals surface area contributed by atoms with Crippen molar-refractivity contribution < 1.29 is 4.74 Å². The molecule has 0 bridgehead atoms. The second-order valence-electron chi connectivity index (χ2n) is 7.18. The van der Waals surface area contributed by atoms with Crippen LogP contribution in [0.3, 0.4) is 0 Å². The van der Waals surface area contributed by atoms with E-state index in [0.717, 1.165) is 12.8 Å². The molecule has 5 rings (SSSR count). The molecule has 2 unspecified atom stereocenters. The second kappa shape index (κ2) is 6.75. The van der Waals surface area contributed by atoms with E-state index in [1.807, 2.05) is 12.3 Å². The van der Waals surface area contributed by atoms with E-state index >= 15 is 0 Å². The van der Waals surface area contributed by atoms with Crippen LogP contribution in [-0.2, 0) is 17.6 Å². The van der Waals surface area contributed by atoms with Gasteiger partial charge in [-0.1, -0.05) is 24.3 Å². The Hall–Kier alpha value is -2.77. The van der Waals surface area contributed by atoms with Crippen molar-refractivity contribution in [3.05, 3.63) is 76.3 Å². The van der Waals surface area contributed by atoms with Gasteiger partial charge in [-0.25, -0.2) is 9.36 Å². The lowest BCUT2D eigenvalue weighted by atomic mass is 10.1. The Morgan fingerprint density at radius 3 is 2.59 bits per heavy atom. The maximum Gasteiger partial charge on any atom is 0.267 e. The van der Waals surface area contributed by atoms with Crippen molar-refractivity contribution in [1.82, 2.24) is 24.9 Å². The molecule has 27 heavy (non-hydrogen) atoms. The van der Waals surface area contributed by atoms with Gasteiger partial charge in [0.15, 0.2) is 5.82 Å². The Kier molecular flexibility index (Phi) is 4.10. The highest BCUT2D eigenvalue weighted by atomic mass is 16.5. The van der Waals surface area contributed by atoms with E-state index in [9.17, 15) is 4.79 Å². The fourth-order valence-corrected chi connectivity index (χ4v) is 4.10. The van der Waals surface area contributed by atoms with Gasteiger partial charge < -0.3 is 10.1 Å². The third-order valence-corrected chi connectivity index (χ3v) is 5.42. The quantitative estimate of drug-likeness (QED) is 0.752. The first-order chi connectivity index (χ1) is 13.3. The standard InChI is InChI=1S/C20H21N5O2/c26-20-7-6-19(24-9-3-8-21-24)23-25(20)18-13-27-12-17(18)22-16-10-14-4-1-2-5-15(14)11-16/h1-9,16-18,22H,10-13H2. The summed E-state index contributed by atoms with van der Waals surface area (Å²) < 4.78 is 8.91. The summed E-state index contributed by atoms with van der Waals surface area (Å²) in [5, 5.41) is 12.5. The number of hydrogen-bond donors (Lipinski definition) is 1. The minimum atomic E-state index is -0.128. The molecule has 1 aliphatic carbocycles. The number of benzene rings is 1. The van der Waals surface area contributed by atoms with Crippen molar-refractivity contribution in [2.45, 2.75) is 31.0 Å². The fourth-order valence-electron chi connectivity index (χ4n) is 4.10. The molecule has 0 saturated carbocycles. The predicted molar refractivity (Wildman–Crippen MR) is 100 cm³/mol. The number of nitrogens with zero attached hydrogens (tertiary/aromatic N) is 4. The summed E-state index contributed by atoms with van der Waals surface area (Å²) >= 11 is 0. The Morgan fingerprint density at radius 1 is 1.04 bits per heavy atom. The van der Waals surface area contributed by atoms with Crippen LogP contribution in [0.4, 0.5) is 0 Å². The predicted octanol–water partition coefficient (Wildman–Crippen LogP) is 1.13. The fraction of sp³-hybridized carbons (Fsp3) is 0.350. The Bertz CT molecular complexity index is 973.